The third-order valence-electron chi connectivity index (χ3n) is 3.28. The van der Waals surface area contributed by atoms with Crippen molar-refractivity contribution < 1.29 is 14.0 Å². The van der Waals surface area contributed by atoms with Crippen LogP contribution in [0, 0.1) is 6.92 Å². The molecule has 1 aromatic carbocycles. The summed E-state index contributed by atoms with van der Waals surface area (Å²) in [6.07, 6.45) is 1.70. The summed E-state index contributed by atoms with van der Waals surface area (Å²) in [7, 11) is 3.19. The number of aromatic nitrogens is 3. The minimum Gasteiger partial charge on any atom is -0.497 e. The maximum atomic E-state index is 5.37. The molecule has 0 N–H and O–H groups in total. The van der Waals surface area contributed by atoms with Crippen molar-refractivity contribution in [2.45, 2.75) is 6.92 Å². The highest BCUT2D eigenvalue weighted by Crippen LogP contribution is 2.33. The van der Waals surface area contributed by atoms with Crippen LogP contribution in [-0.4, -0.2) is 29.3 Å². The minimum atomic E-state index is 0.357. The zero-order chi connectivity index (χ0) is 15.5. The second kappa shape index (κ2) is 5.85. The summed E-state index contributed by atoms with van der Waals surface area (Å²) in [5.41, 5.74) is 2.35. The Bertz CT molecular complexity index is 799. The summed E-state index contributed by atoms with van der Waals surface area (Å²) in [5.74, 6) is 2.12. The molecule has 0 bridgehead atoms. The van der Waals surface area contributed by atoms with E-state index in [0.29, 0.717) is 34.5 Å². The van der Waals surface area contributed by atoms with Gasteiger partial charge >= 0.3 is 0 Å². The lowest BCUT2D eigenvalue weighted by Crippen LogP contribution is -1.91. The van der Waals surface area contributed by atoms with E-state index in [1.165, 1.54) is 0 Å². The van der Waals surface area contributed by atoms with Gasteiger partial charge < -0.3 is 14.0 Å². The maximum absolute atomic E-state index is 5.37. The molecule has 0 saturated carbocycles. The number of aryl methyl sites for hydroxylation is 1. The lowest BCUT2D eigenvalue weighted by Gasteiger charge is -2.06. The average molecular weight is 297 g/mol. The first-order chi connectivity index (χ1) is 10.7. The zero-order valence-corrected chi connectivity index (χ0v) is 12.5. The van der Waals surface area contributed by atoms with Crippen LogP contribution in [0.2, 0.25) is 0 Å². The Morgan fingerprint density at radius 2 is 1.95 bits per heavy atom. The molecule has 0 atom stereocenters. The summed E-state index contributed by atoms with van der Waals surface area (Å²) in [6.45, 7) is 1.95. The molecule has 0 radical (unpaired) electrons. The number of rotatable bonds is 4. The normalized spacial score (nSPS) is 10.5. The van der Waals surface area contributed by atoms with E-state index in [2.05, 4.69) is 15.1 Å². The largest absolute Gasteiger partial charge is 0.497 e. The fourth-order valence-corrected chi connectivity index (χ4v) is 2.13. The van der Waals surface area contributed by atoms with Crippen LogP contribution in [0.4, 0.5) is 0 Å². The smallest absolute Gasteiger partial charge is 0.262 e. The maximum Gasteiger partial charge on any atom is 0.262 e. The van der Waals surface area contributed by atoms with Crippen LogP contribution < -0.4 is 9.47 Å². The van der Waals surface area contributed by atoms with Gasteiger partial charge in [-0.15, -0.1) is 0 Å². The van der Waals surface area contributed by atoms with Crippen LogP contribution in [-0.2, 0) is 0 Å². The van der Waals surface area contributed by atoms with Gasteiger partial charge in [0.2, 0.25) is 5.82 Å². The van der Waals surface area contributed by atoms with Gasteiger partial charge in [0.1, 0.15) is 17.2 Å². The summed E-state index contributed by atoms with van der Waals surface area (Å²) in [5, 5.41) is 4.01. The Morgan fingerprint density at radius 1 is 1.09 bits per heavy atom. The monoisotopic (exact) mass is 297 g/mol. The molecular formula is C16H15N3O3. The van der Waals surface area contributed by atoms with Gasteiger partial charge in [0, 0.05) is 6.20 Å². The van der Waals surface area contributed by atoms with Crippen molar-refractivity contribution in [2.24, 2.45) is 0 Å². The average Bonchev–Trinajstić information content (AvgIpc) is 3.04. The van der Waals surface area contributed by atoms with E-state index < -0.39 is 0 Å². The first kappa shape index (κ1) is 14.1. The van der Waals surface area contributed by atoms with Crippen LogP contribution in [0.15, 0.2) is 41.1 Å². The Kier molecular flexibility index (Phi) is 3.74. The van der Waals surface area contributed by atoms with E-state index in [4.69, 9.17) is 14.0 Å². The van der Waals surface area contributed by atoms with Crippen molar-refractivity contribution in [3.05, 3.63) is 42.1 Å². The van der Waals surface area contributed by atoms with Gasteiger partial charge in [-0.05, 0) is 36.8 Å². The first-order valence-corrected chi connectivity index (χ1v) is 6.71. The van der Waals surface area contributed by atoms with Crippen molar-refractivity contribution in [3.8, 4) is 34.5 Å². The molecule has 112 valence electrons. The molecule has 6 nitrogen and oxygen atoms in total. The number of benzene rings is 1. The third-order valence-corrected chi connectivity index (χ3v) is 3.28. The van der Waals surface area contributed by atoms with Gasteiger partial charge in [0.15, 0.2) is 0 Å². The van der Waals surface area contributed by atoms with Crippen molar-refractivity contribution in [3.63, 3.8) is 0 Å². The van der Waals surface area contributed by atoms with E-state index in [1.807, 2.05) is 25.1 Å². The minimum absolute atomic E-state index is 0.357. The van der Waals surface area contributed by atoms with Crippen molar-refractivity contribution in [1.29, 1.82) is 0 Å². The molecule has 0 unspecified atom stereocenters. The van der Waals surface area contributed by atoms with Gasteiger partial charge in [-0.25, -0.2) is 0 Å². The number of hydrogen-bond acceptors (Lipinski definition) is 6. The highest BCUT2D eigenvalue weighted by Gasteiger charge is 2.17. The number of pyridine rings is 1. The van der Waals surface area contributed by atoms with Crippen molar-refractivity contribution >= 4 is 0 Å². The van der Waals surface area contributed by atoms with E-state index in [9.17, 15) is 0 Å². The van der Waals surface area contributed by atoms with Crippen molar-refractivity contribution in [2.75, 3.05) is 14.2 Å². The molecule has 2 aromatic heterocycles. The molecule has 0 aliphatic carbocycles. The lowest BCUT2D eigenvalue weighted by atomic mass is 10.2. The predicted octanol–water partition coefficient (Wildman–Crippen LogP) is 3.12. The Labute approximate surface area is 127 Å². The molecule has 0 spiro atoms. The highest BCUT2D eigenvalue weighted by atomic mass is 16.5. The molecule has 0 aliphatic rings. The SMILES string of the molecule is COc1ccc(OC)c(-c2nc(-c3ncccc3C)no2)c1. The second-order valence-electron chi connectivity index (χ2n) is 4.66. The van der Waals surface area contributed by atoms with Crippen LogP contribution in [0.3, 0.4) is 0 Å². The zero-order valence-electron chi connectivity index (χ0n) is 12.5. The molecule has 2 heterocycles. The first-order valence-electron chi connectivity index (χ1n) is 6.71. The predicted molar refractivity (Wildman–Crippen MR) is 80.8 cm³/mol. The van der Waals surface area contributed by atoms with E-state index in [0.717, 1.165) is 5.56 Å². The topological polar surface area (TPSA) is 70.3 Å². The standard InChI is InChI=1S/C16H15N3O3/c1-10-5-4-8-17-14(10)15-18-16(22-19-15)12-9-11(20-2)6-7-13(12)21-3/h4-9H,1-3H3. The highest BCUT2D eigenvalue weighted by molar-refractivity contribution is 5.67. The summed E-state index contributed by atoms with van der Waals surface area (Å²) in [6, 6.07) is 9.21. The van der Waals surface area contributed by atoms with Crippen molar-refractivity contribution in [1.82, 2.24) is 15.1 Å². The fraction of sp³-hybridized carbons (Fsp3) is 0.188. The number of nitrogens with zero attached hydrogens (tertiary/aromatic N) is 3. The molecule has 0 saturated heterocycles. The van der Waals surface area contributed by atoms with Gasteiger partial charge in [0.25, 0.3) is 5.89 Å². The molecule has 0 fully saturated rings. The van der Waals surface area contributed by atoms with E-state index >= 15 is 0 Å². The van der Waals surface area contributed by atoms with Gasteiger partial charge in [0.05, 0.1) is 19.8 Å². The van der Waals surface area contributed by atoms with E-state index in [-0.39, 0.29) is 0 Å². The number of ether oxygens (including phenoxy) is 2. The molecule has 0 aliphatic heterocycles. The molecule has 6 heteroatoms. The van der Waals surface area contributed by atoms with Gasteiger partial charge in [-0.1, -0.05) is 11.2 Å². The van der Waals surface area contributed by atoms with Gasteiger partial charge in [-0.3, -0.25) is 4.98 Å². The third kappa shape index (κ3) is 2.50. The summed E-state index contributed by atoms with van der Waals surface area (Å²) >= 11 is 0. The second-order valence-corrected chi connectivity index (χ2v) is 4.66. The molecule has 0 amide bonds. The summed E-state index contributed by atoms with van der Waals surface area (Å²) < 4.78 is 15.9. The summed E-state index contributed by atoms with van der Waals surface area (Å²) in [4.78, 5) is 8.71. The molecule has 3 aromatic rings. The van der Waals surface area contributed by atoms with Crippen LogP contribution >= 0.6 is 0 Å². The Hall–Kier alpha value is -2.89. The molecule has 22 heavy (non-hydrogen) atoms. The lowest BCUT2D eigenvalue weighted by molar-refractivity contribution is 0.397. The number of hydrogen-bond donors (Lipinski definition) is 0. The molecule has 3 rings (SSSR count). The fourth-order valence-electron chi connectivity index (χ4n) is 2.13. The molecular weight excluding hydrogens is 282 g/mol. The number of methoxy groups -OCH3 is 2. The Balaban J connectivity index is 2.06. The quantitative estimate of drug-likeness (QED) is 0.737. The van der Waals surface area contributed by atoms with Crippen LogP contribution in [0.25, 0.3) is 23.0 Å². The van der Waals surface area contributed by atoms with Crippen LogP contribution in [0.5, 0.6) is 11.5 Å². The van der Waals surface area contributed by atoms with Gasteiger partial charge in [-0.2, -0.15) is 4.98 Å². The van der Waals surface area contributed by atoms with E-state index in [1.54, 1.807) is 32.5 Å². The van der Waals surface area contributed by atoms with Crippen LogP contribution in [0.1, 0.15) is 5.56 Å². The Morgan fingerprint density at radius 3 is 2.68 bits per heavy atom.